The zero-order chi connectivity index (χ0) is 13.4. The second-order valence-electron chi connectivity index (χ2n) is 4.31. The summed E-state index contributed by atoms with van der Waals surface area (Å²) in [6.07, 6.45) is 0. The number of anilines is 2. The van der Waals surface area contributed by atoms with Gasteiger partial charge in [0, 0.05) is 16.0 Å². The molecule has 102 valence electrons. The maximum Gasteiger partial charge on any atom is 0.133 e. The van der Waals surface area contributed by atoms with Gasteiger partial charge in [0.05, 0.1) is 0 Å². The number of rotatable bonds is 1. The van der Waals surface area contributed by atoms with Crippen LogP contribution in [0, 0.1) is 0 Å². The first-order valence-electron chi connectivity index (χ1n) is 5.86. The molecule has 3 nitrogen and oxygen atoms in total. The molecule has 0 radical (unpaired) electrons. The molecular weight excluding hydrogens is 293 g/mol. The topological polar surface area (TPSA) is 64.9 Å². The third-order valence-electron chi connectivity index (χ3n) is 3.11. The second kappa shape index (κ2) is 5.57. The summed E-state index contributed by atoms with van der Waals surface area (Å²) in [6.45, 7) is 0. The van der Waals surface area contributed by atoms with Gasteiger partial charge in [-0.3, -0.25) is 0 Å². The van der Waals surface area contributed by atoms with Crippen LogP contribution in [0.15, 0.2) is 48.5 Å². The van der Waals surface area contributed by atoms with Crippen molar-refractivity contribution in [2.45, 2.75) is 0 Å². The van der Waals surface area contributed by atoms with Crippen LogP contribution in [0.2, 0.25) is 5.02 Å². The number of nitrogens with two attached hydrogens (primary N) is 2. The summed E-state index contributed by atoms with van der Waals surface area (Å²) < 4.78 is 0. The molecule has 0 aliphatic heterocycles. The lowest BCUT2D eigenvalue weighted by Crippen LogP contribution is -1.98. The molecule has 0 spiro atoms. The van der Waals surface area contributed by atoms with Gasteiger partial charge in [-0.15, -0.1) is 12.4 Å². The van der Waals surface area contributed by atoms with Crippen molar-refractivity contribution in [3.63, 3.8) is 0 Å². The van der Waals surface area contributed by atoms with Crippen LogP contribution in [0.1, 0.15) is 0 Å². The van der Waals surface area contributed by atoms with E-state index in [1.54, 1.807) is 6.07 Å². The number of aromatic nitrogens is 1. The molecule has 3 aromatic rings. The van der Waals surface area contributed by atoms with Gasteiger partial charge in [-0.2, -0.15) is 0 Å². The molecule has 20 heavy (non-hydrogen) atoms. The predicted octanol–water partition coefficient (Wildman–Crippen LogP) is 4.14. The highest BCUT2D eigenvalue weighted by atomic mass is 35.5. The van der Waals surface area contributed by atoms with E-state index in [1.165, 1.54) is 0 Å². The van der Waals surface area contributed by atoms with Gasteiger partial charge in [0.1, 0.15) is 11.6 Å². The molecule has 0 fully saturated rings. The molecule has 0 saturated heterocycles. The van der Waals surface area contributed by atoms with Crippen LogP contribution in [0.25, 0.3) is 21.9 Å². The van der Waals surface area contributed by atoms with Crippen LogP contribution in [-0.4, -0.2) is 4.98 Å². The summed E-state index contributed by atoms with van der Waals surface area (Å²) in [5.41, 5.74) is 13.5. The minimum absolute atomic E-state index is 0. The van der Waals surface area contributed by atoms with Crippen LogP contribution in [0.3, 0.4) is 0 Å². The monoisotopic (exact) mass is 305 g/mol. The van der Waals surface area contributed by atoms with Crippen molar-refractivity contribution in [3.8, 4) is 11.1 Å². The van der Waals surface area contributed by atoms with Crippen LogP contribution in [0.4, 0.5) is 11.6 Å². The molecule has 0 unspecified atom stereocenters. The maximum absolute atomic E-state index is 6.21. The van der Waals surface area contributed by atoms with Crippen LogP contribution in [-0.2, 0) is 0 Å². The Morgan fingerprint density at radius 3 is 2.15 bits per heavy atom. The summed E-state index contributed by atoms with van der Waals surface area (Å²) in [4.78, 5) is 4.10. The number of nitrogens with zero attached hydrogens (tertiary/aromatic N) is 1. The van der Waals surface area contributed by atoms with Crippen LogP contribution in [0.5, 0.6) is 0 Å². The van der Waals surface area contributed by atoms with E-state index in [0.29, 0.717) is 11.6 Å². The van der Waals surface area contributed by atoms with E-state index in [-0.39, 0.29) is 12.4 Å². The zero-order valence-corrected chi connectivity index (χ0v) is 12.1. The fourth-order valence-electron chi connectivity index (χ4n) is 2.22. The molecule has 0 amide bonds. The molecule has 2 aromatic carbocycles. The Kier molecular flexibility index (Phi) is 4.02. The van der Waals surface area contributed by atoms with E-state index in [9.17, 15) is 0 Å². The zero-order valence-electron chi connectivity index (χ0n) is 10.5. The molecule has 4 N–H and O–H groups in total. The fourth-order valence-corrected chi connectivity index (χ4v) is 2.44. The molecule has 0 aliphatic carbocycles. The van der Waals surface area contributed by atoms with E-state index >= 15 is 0 Å². The van der Waals surface area contributed by atoms with E-state index in [2.05, 4.69) is 4.98 Å². The number of halogens is 2. The van der Waals surface area contributed by atoms with Gasteiger partial charge in [-0.05, 0) is 29.1 Å². The Morgan fingerprint density at radius 1 is 0.800 bits per heavy atom. The summed E-state index contributed by atoms with van der Waals surface area (Å²) in [5.74, 6) is 0.840. The lowest BCUT2D eigenvalue weighted by atomic mass is 9.98. The van der Waals surface area contributed by atoms with Gasteiger partial charge in [0.2, 0.25) is 0 Å². The molecule has 1 heterocycles. The first kappa shape index (κ1) is 14.4. The number of hydrogen-bond donors (Lipinski definition) is 2. The number of benzene rings is 2. The quantitative estimate of drug-likeness (QED) is 0.710. The summed E-state index contributed by atoms with van der Waals surface area (Å²) in [6, 6.07) is 15.4. The summed E-state index contributed by atoms with van der Waals surface area (Å²) >= 11 is 6.21. The Balaban J connectivity index is 0.00000147. The normalized spacial score (nSPS) is 10.2. The average molecular weight is 306 g/mol. The van der Waals surface area contributed by atoms with Crippen LogP contribution >= 0.6 is 24.0 Å². The smallest absolute Gasteiger partial charge is 0.133 e. The standard InChI is InChI=1S/C15H12ClN3.ClH/c16-13-7-5-10(9-3-1-2-4-11(9)13)12-6-8-14(17)19-15(12)18;/h1-8H,(H4,17,18,19);1H. The molecule has 0 saturated carbocycles. The first-order chi connectivity index (χ1) is 9.16. The Hall–Kier alpha value is -1.97. The third kappa shape index (κ3) is 2.38. The fraction of sp³-hybridized carbons (Fsp3) is 0. The van der Waals surface area contributed by atoms with Gasteiger partial charge in [0.25, 0.3) is 0 Å². The van der Waals surface area contributed by atoms with Gasteiger partial charge in [-0.1, -0.05) is 41.9 Å². The van der Waals surface area contributed by atoms with Gasteiger partial charge in [-0.25, -0.2) is 4.98 Å². The first-order valence-corrected chi connectivity index (χ1v) is 6.24. The van der Waals surface area contributed by atoms with Gasteiger partial charge < -0.3 is 11.5 Å². The van der Waals surface area contributed by atoms with Crippen molar-refractivity contribution in [3.05, 3.63) is 53.6 Å². The van der Waals surface area contributed by atoms with Gasteiger partial charge in [0.15, 0.2) is 0 Å². The number of nitrogen functional groups attached to an aromatic ring is 2. The largest absolute Gasteiger partial charge is 0.384 e. The number of hydrogen-bond acceptors (Lipinski definition) is 3. The third-order valence-corrected chi connectivity index (χ3v) is 3.44. The number of pyridine rings is 1. The van der Waals surface area contributed by atoms with E-state index in [4.69, 9.17) is 23.1 Å². The van der Waals surface area contributed by atoms with Crippen molar-refractivity contribution in [2.75, 3.05) is 11.5 Å². The highest BCUT2D eigenvalue weighted by molar-refractivity contribution is 6.36. The lowest BCUT2D eigenvalue weighted by molar-refractivity contribution is 1.34. The second-order valence-corrected chi connectivity index (χ2v) is 4.72. The van der Waals surface area contributed by atoms with E-state index in [1.807, 2.05) is 42.5 Å². The Labute approximate surface area is 128 Å². The maximum atomic E-state index is 6.21. The molecule has 3 rings (SSSR count). The minimum atomic E-state index is 0. The molecule has 5 heteroatoms. The molecule has 0 bridgehead atoms. The van der Waals surface area contributed by atoms with Crippen molar-refractivity contribution in [2.24, 2.45) is 0 Å². The highest BCUT2D eigenvalue weighted by Gasteiger charge is 2.09. The highest BCUT2D eigenvalue weighted by Crippen LogP contribution is 2.35. The Morgan fingerprint density at radius 2 is 1.45 bits per heavy atom. The predicted molar refractivity (Wildman–Crippen MR) is 88.3 cm³/mol. The average Bonchev–Trinajstić information content (AvgIpc) is 2.41. The molecule has 0 atom stereocenters. The summed E-state index contributed by atoms with van der Waals surface area (Å²) in [7, 11) is 0. The Bertz CT molecular complexity index is 772. The van der Waals surface area contributed by atoms with E-state index in [0.717, 1.165) is 26.9 Å². The van der Waals surface area contributed by atoms with Crippen molar-refractivity contribution < 1.29 is 0 Å². The van der Waals surface area contributed by atoms with Crippen molar-refractivity contribution in [1.29, 1.82) is 0 Å². The van der Waals surface area contributed by atoms with Crippen molar-refractivity contribution >= 4 is 46.4 Å². The summed E-state index contributed by atoms with van der Waals surface area (Å²) in [5, 5.41) is 2.77. The molecule has 1 aromatic heterocycles. The lowest BCUT2D eigenvalue weighted by Gasteiger charge is -2.10. The molecule has 0 aliphatic rings. The van der Waals surface area contributed by atoms with E-state index < -0.39 is 0 Å². The minimum Gasteiger partial charge on any atom is -0.384 e. The van der Waals surface area contributed by atoms with Crippen LogP contribution < -0.4 is 11.5 Å². The van der Waals surface area contributed by atoms with Gasteiger partial charge >= 0.3 is 0 Å². The van der Waals surface area contributed by atoms with Crippen molar-refractivity contribution in [1.82, 2.24) is 4.98 Å². The number of fused-ring (bicyclic) bond motifs is 1. The molecular formula is C15H13Cl2N3. The SMILES string of the molecule is Cl.Nc1ccc(-c2ccc(Cl)c3ccccc23)c(N)n1.